The molecule has 1 aliphatic rings. The molecule has 0 aromatic carbocycles. The molecule has 0 amide bonds. The maximum Gasteiger partial charge on any atom is 0.283 e. The number of nitrogens with zero attached hydrogens (tertiary/aromatic N) is 2. The number of hydrogen-bond acceptors (Lipinski definition) is 5. The highest BCUT2D eigenvalue weighted by Gasteiger charge is 2.23. The van der Waals surface area contributed by atoms with Crippen molar-refractivity contribution in [3.63, 3.8) is 0 Å². The zero-order chi connectivity index (χ0) is 13.8. The molecule has 0 aliphatic carbocycles. The van der Waals surface area contributed by atoms with Crippen molar-refractivity contribution in [3.8, 4) is 0 Å². The first-order chi connectivity index (χ1) is 9.13. The van der Waals surface area contributed by atoms with E-state index in [9.17, 15) is 4.79 Å². The molecule has 2 N–H and O–H groups in total. The first kappa shape index (κ1) is 14.5. The van der Waals surface area contributed by atoms with Gasteiger partial charge < -0.3 is 15.2 Å². The van der Waals surface area contributed by atoms with E-state index in [4.69, 9.17) is 9.84 Å². The van der Waals surface area contributed by atoms with Crippen molar-refractivity contribution >= 4 is 21.6 Å². The summed E-state index contributed by atoms with van der Waals surface area (Å²) in [6, 6.07) is 0.216. The molecule has 2 rings (SSSR count). The highest BCUT2D eigenvalue weighted by atomic mass is 79.9. The largest absolute Gasteiger partial charge is 0.394 e. The van der Waals surface area contributed by atoms with E-state index in [-0.39, 0.29) is 24.8 Å². The lowest BCUT2D eigenvalue weighted by atomic mass is 10.0. The summed E-state index contributed by atoms with van der Waals surface area (Å²) >= 11 is 3.29. The second-order valence-corrected chi connectivity index (χ2v) is 5.47. The van der Waals surface area contributed by atoms with Crippen molar-refractivity contribution < 1.29 is 9.84 Å². The molecule has 2 atom stereocenters. The van der Waals surface area contributed by atoms with Gasteiger partial charge in [-0.1, -0.05) is 0 Å². The molecule has 0 bridgehead atoms. The van der Waals surface area contributed by atoms with Crippen molar-refractivity contribution in [1.82, 2.24) is 9.78 Å². The molecule has 7 heteroatoms. The Bertz CT molecular complexity index is 486. The number of aliphatic hydroxyl groups excluding tert-OH is 1. The van der Waals surface area contributed by atoms with Gasteiger partial charge in [0, 0.05) is 18.6 Å². The molecule has 2 unspecified atom stereocenters. The van der Waals surface area contributed by atoms with E-state index >= 15 is 0 Å². The van der Waals surface area contributed by atoms with Gasteiger partial charge in [-0.15, -0.1) is 0 Å². The number of anilines is 1. The van der Waals surface area contributed by atoms with Gasteiger partial charge >= 0.3 is 0 Å². The topological polar surface area (TPSA) is 76.4 Å². The van der Waals surface area contributed by atoms with Gasteiger partial charge in [-0.3, -0.25) is 4.79 Å². The second-order valence-electron chi connectivity index (χ2n) is 4.68. The normalized spacial score (nSPS) is 20.5. The Morgan fingerprint density at radius 2 is 2.53 bits per heavy atom. The molecule has 0 saturated carbocycles. The van der Waals surface area contributed by atoms with Gasteiger partial charge in [0.1, 0.15) is 4.47 Å². The Kier molecular flexibility index (Phi) is 4.95. The lowest BCUT2D eigenvalue weighted by Gasteiger charge is -2.21. The summed E-state index contributed by atoms with van der Waals surface area (Å²) in [6.45, 7) is 3.71. The zero-order valence-corrected chi connectivity index (χ0v) is 12.4. The number of halogens is 1. The molecule has 1 aliphatic heterocycles. The minimum Gasteiger partial charge on any atom is -0.394 e. The predicted octanol–water partition coefficient (Wildman–Crippen LogP) is 0.835. The number of ether oxygens (including phenoxy) is 1. The summed E-state index contributed by atoms with van der Waals surface area (Å²) in [6.07, 6.45) is 2.63. The average Bonchev–Trinajstić information content (AvgIpc) is 2.92. The van der Waals surface area contributed by atoms with Gasteiger partial charge in [0.25, 0.3) is 5.56 Å². The molecule has 6 nitrogen and oxygen atoms in total. The van der Waals surface area contributed by atoms with Crippen LogP contribution in [0.3, 0.4) is 0 Å². The van der Waals surface area contributed by atoms with Gasteiger partial charge in [0.05, 0.1) is 31.6 Å². The summed E-state index contributed by atoms with van der Waals surface area (Å²) < 4.78 is 7.04. The Morgan fingerprint density at radius 3 is 3.16 bits per heavy atom. The summed E-state index contributed by atoms with van der Waals surface area (Å²) in [7, 11) is 0. The number of rotatable bonds is 5. The fourth-order valence-corrected chi connectivity index (χ4v) is 2.55. The van der Waals surface area contributed by atoms with Crippen molar-refractivity contribution in [2.75, 3.05) is 25.1 Å². The molecule has 0 radical (unpaired) electrons. The maximum absolute atomic E-state index is 12.0. The van der Waals surface area contributed by atoms with E-state index in [0.29, 0.717) is 16.1 Å². The van der Waals surface area contributed by atoms with Crippen molar-refractivity contribution in [1.29, 1.82) is 0 Å². The third-order valence-corrected chi connectivity index (χ3v) is 4.12. The van der Waals surface area contributed by atoms with Gasteiger partial charge in [0.15, 0.2) is 0 Å². The molecule has 19 heavy (non-hydrogen) atoms. The fraction of sp³-hybridized carbons (Fsp3) is 0.667. The fourth-order valence-electron chi connectivity index (χ4n) is 2.13. The van der Waals surface area contributed by atoms with E-state index in [1.807, 2.05) is 0 Å². The van der Waals surface area contributed by atoms with Gasteiger partial charge in [-0.25, -0.2) is 4.68 Å². The Morgan fingerprint density at radius 1 is 1.74 bits per heavy atom. The molecule has 2 heterocycles. The van der Waals surface area contributed by atoms with Crippen molar-refractivity contribution in [2.45, 2.75) is 25.9 Å². The quantitative estimate of drug-likeness (QED) is 0.836. The first-order valence-electron chi connectivity index (χ1n) is 6.34. The van der Waals surface area contributed by atoms with Crippen LogP contribution in [0.5, 0.6) is 0 Å². The van der Waals surface area contributed by atoms with Crippen LogP contribution >= 0.6 is 15.9 Å². The van der Waals surface area contributed by atoms with E-state index in [1.165, 1.54) is 4.68 Å². The van der Waals surface area contributed by atoms with E-state index in [1.54, 1.807) is 6.20 Å². The standard InChI is InChI=1S/C12H18BrN3O3/c1-8(9-2-5-19-7-9)15-10-6-14-16(3-4-17)12(18)11(10)13/h6,8-9,15,17H,2-5,7H2,1H3. The summed E-state index contributed by atoms with van der Waals surface area (Å²) in [5.74, 6) is 0.451. The van der Waals surface area contributed by atoms with Crippen LogP contribution in [-0.4, -0.2) is 40.7 Å². The van der Waals surface area contributed by atoms with E-state index < -0.39 is 0 Å². The molecule has 0 spiro atoms. The molecule has 1 fully saturated rings. The molecular formula is C12H18BrN3O3. The second kappa shape index (κ2) is 6.49. The molecule has 1 aromatic heterocycles. The Hall–Kier alpha value is -0.920. The first-order valence-corrected chi connectivity index (χ1v) is 7.13. The van der Waals surface area contributed by atoms with Crippen molar-refractivity contribution in [2.24, 2.45) is 5.92 Å². The molecule has 1 saturated heterocycles. The SMILES string of the molecule is CC(Nc1cnn(CCO)c(=O)c1Br)C1CCOC1. The number of aliphatic hydroxyl groups is 1. The van der Waals surface area contributed by atoms with Gasteiger partial charge in [0.2, 0.25) is 0 Å². The minimum atomic E-state index is -0.242. The lowest BCUT2D eigenvalue weighted by molar-refractivity contribution is 0.183. The smallest absolute Gasteiger partial charge is 0.283 e. The van der Waals surface area contributed by atoms with E-state index in [0.717, 1.165) is 19.6 Å². The third kappa shape index (κ3) is 3.34. The van der Waals surface area contributed by atoms with E-state index in [2.05, 4.69) is 33.3 Å². The van der Waals surface area contributed by atoms with Crippen LogP contribution in [0.2, 0.25) is 0 Å². The van der Waals surface area contributed by atoms with Crippen LogP contribution in [0.1, 0.15) is 13.3 Å². The Labute approximate surface area is 119 Å². The third-order valence-electron chi connectivity index (χ3n) is 3.35. The van der Waals surface area contributed by atoms with Crippen LogP contribution in [-0.2, 0) is 11.3 Å². The summed E-state index contributed by atoms with van der Waals surface area (Å²) in [5.41, 5.74) is 0.438. The van der Waals surface area contributed by atoms with Gasteiger partial charge in [-0.2, -0.15) is 5.10 Å². The maximum atomic E-state index is 12.0. The van der Waals surface area contributed by atoms with Crippen LogP contribution in [0.15, 0.2) is 15.5 Å². The molecular weight excluding hydrogens is 314 g/mol. The highest BCUT2D eigenvalue weighted by Crippen LogP contribution is 2.23. The lowest BCUT2D eigenvalue weighted by Crippen LogP contribution is -2.30. The molecule has 106 valence electrons. The number of nitrogens with one attached hydrogen (secondary N) is 1. The predicted molar refractivity (Wildman–Crippen MR) is 75.3 cm³/mol. The summed E-state index contributed by atoms with van der Waals surface area (Å²) in [4.78, 5) is 12.0. The van der Waals surface area contributed by atoms with Crippen LogP contribution < -0.4 is 10.9 Å². The summed E-state index contributed by atoms with van der Waals surface area (Å²) in [5, 5.41) is 16.2. The monoisotopic (exact) mass is 331 g/mol. The Balaban J connectivity index is 2.12. The van der Waals surface area contributed by atoms with Crippen LogP contribution in [0.4, 0.5) is 5.69 Å². The number of aromatic nitrogens is 2. The van der Waals surface area contributed by atoms with Crippen LogP contribution in [0.25, 0.3) is 0 Å². The number of hydrogen-bond donors (Lipinski definition) is 2. The average molecular weight is 332 g/mol. The minimum absolute atomic E-state index is 0.109. The van der Waals surface area contributed by atoms with Gasteiger partial charge in [-0.05, 0) is 29.3 Å². The van der Waals surface area contributed by atoms with Crippen molar-refractivity contribution in [3.05, 3.63) is 21.0 Å². The molecule has 1 aromatic rings. The van der Waals surface area contributed by atoms with Crippen LogP contribution in [0, 0.1) is 5.92 Å². The highest BCUT2D eigenvalue weighted by molar-refractivity contribution is 9.10. The zero-order valence-electron chi connectivity index (χ0n) is 10.8.